The van der Waals surface area contributed by atoms with Crippen molar-refractivity contribution in [2.75, 3.05) is 12.4 Å². The number of nitrogens with zero attached hydrogens (tertiary/aromatic N) is 3. The van der Waals surface area contributed by atoms with Crippen LogP contribution in [-0.2, 0) is 7.05 Å². The Balaban J connectivity index is 1.76. The van der Waals surface area contributed by atoms with Gasteiger partial charge in [0.1, 0.15) is 11.4 Å². The molecule has 2 N–H and O–H groups in total. The van der Waals surface area contributed by atoms with Gasteiger partial charge in [0, 0.05) is 12.6 Å². The molecule has 8 heteroatoms. The number of hydrazone groups is 1. The molecule has 7 nitrogen and oxygen atoms in total. The van der Waals surface area contributed by atoms with Crippen molar-refractivity contribution in [3.63, 3.8) is 0 Å². The van der Waals surface area contributed by atoms with Crippen LogP contribution in [0.3, 0.4) is 0 Å². The number of para-hydroxylation sites is 2. The summed E-state index contributed by atoms with van der Waals surface area (Å²) in [4.78, 5) is 12.9. The minimum Gasteiger partial charge on any atom is -0.496 e. The van der Waals surface area contributed by atoms with Crippen molar-refractivity contribution in [1.82, 2.24) is 14.8 Å². The highest BCUT2D eigenvalue weighted by atomic mass is 32.1. The van der Waals surface area contributed by atoms with Gasteiger partial charge in [-0.2, -0.15) is 5.10 Å². The number of ether oxygens (including phenoxy) is 1. The first-order chi connectivity index (χ1) is 13.5. The fourth-order valence-corrected chi connectivity index (χ4v) is 2.94. The minimum atomic E-state index is -0.191. The highest BCUT2D eigenvalue weighted by Gasteiger charge is 2.16. The number of aromatic nitrogens is 2. The summed E-state index contributed by atoms with van der Waals surface area (Å²) in [7, 11) is 3.42. The van der Waals surface area contributed by atoms with E-state index in [0.717, 1.165) is 16.9 Å². The molecule has 144 valence electrons. The zero-order valence-corrected chi connectivity index (χ0v) is 16.7. The van der Waals surface area contributed by atoms with Gasteiger partial charge in [0.05, 0.1) is 24.7 Å². The van der Waals surface area contributed by atoms with Crippen LogP contribution in [0.4, 0.5) is 5.69 Å². The largest absolute Gasteiger partial charge is 0.496 e. The number of rotatable bonds is 5. The Morgan fingerprint density at radius 1 is 1.14 bits per heavy atom. The van der Waals surface area contributed by atoms with E-state index in [1.807, 2.05) is 68.6 Å². The van der Waals surface area contributed by atoms with Crippen LogP contribution in [0.15, 0.2) is 64.5 Å². The molecule has 1 aromatic heterocycles. The number of methoxy groups -OCH3 is 1. The fraction of sp³-hybridized carbons (Fsp3) is 0.150. The minimum absolute atomic E-state index is 0.191. The first-order valence-corrected chi connectivity index (χ1v) is 9.01. The van der Waals surface area contributed by atoms with Gasteiger partial charge in [0.15, 0.2) is 5.11 Å². The van der Waals surface area contributed by atoms with E-state index in [-0.39, 0.29) is 10.7 Å². The van der Waals surface area contributed by atoms with Gasteiger partial charge < -0.3 is 10.1 Å². The molecule has 0 aliphatic rings. The summed E-state index contributed by atoms with van der Waals surface area (Å²) in [5, 5.41) is 7.28. The van der Waals surface area contributed by atoms with Gasteiger partial charge in [-0.15, -0.1) is 0 Å². The molecule has 0 amide bonds. The lowest BCUT2D eigenvalue weighted by atomic mass is 10.2. The van der Waals surface area contributed by atoms with Crippen molar-refractivity contribution in [3.05, 3.63) is 76.2 Å². The van der Waals surface area contributed by atoms with Gasteiger partial charge in [-0.1, -0.05) is 30.3 Å². The standard InChI is InChI=1S/C20H21N5O2S/c1-14-18(19(26)25(24(14)2)16-10-5-4-6-11-16)22-20(28)23-21-13-15-9-7-8-12-17(15)27-3/h4-13H,1-3H3,(H2,22,23,28)/b21-13-. The van der Waals surface area contributed by atoms with E-state index < -0.39 is 0 Å². The molecule has 0 unspecified atom stereocenters. The predicted octanol–water partition coefficient (Wildman–Crippen LogP) is 2.81. The molecule has 3 aromatic rings. The van der Waals surface area contributed by atoms with Gasteiger partial charge in [-0.05, 0) is 43.4 Å². The number of hydrogen-bond donors (Lipinski definition) is 2. The third kappa shape index (κ3) is 3.96. The molecular formula is C20H21N5O2S. The Labute approximate surface area is 168 Å². The summed E-state index contributed by atoms with van der Waals surface area (Å²) < 4.78 is 8.63. The monoisotopic (exact) mass is 395 g/mol. The summed E-state index contributed by atoms with van der Waals surface area (Å²) in [6, 6.07) is 16.9. The van der Waals surface area contributed by atoms with Crippen molar-refractivity contribution in [1.29, 1.82) is 0 Å². The molecular weight excluding hydrogens is 374 g/mol. The lowest BCUT2D eigenvalue weighted by Crippen LogP contribution is -2.28. The van der Waals surface area contributed by atoms with Crippen LogP contribution in [-0.4, -0.2) is 27.8 Å². The van der Waals surface area contributed by atoms with Crippen molar-refractivity contribution >= 4 is 29.2 Å². The molecule has 0 fully saturated rings. The van der Waals surface area contributed by atoms with Gasteiger partial charge >= 0.3 is 0 Å². The SMILES string of the molecule is COc1ccccc1/C=N\NC(=S)Nc1c(C)n(C)n(-c2ccccc2)c1=O. The van der Waals surface area contributed by atoms with Gasteiger partial charge in [0.2, 0.25) is 0 Å². The smallest absolute Gasteiger partial charge is 0.295 e. The average molecular weight is 395 g/mol. The molecule has 1 heterocycles. The van der Waals surface area contributed by atoms with Crippen LogP contribution in [0.25, 0.3) is 5.69 Å². The number of benzene rings is 2. The maximum Gasteiger partial charge on any atom is 0.295 e. The Morgan fingerprint density at radius 3 is 2.54 bits per heavy atom. The number of hydrogen-bond acceptors (Lipinski definition) is 4. The quantitative estimate of drug-likeness (QED) is 0.395. The zero-order chi connectivity index (χ0) is 20.1. The van der Waals surface area contributed by atoms with Gasteiger partial charge in [-0.25, -0.2) is 4.68 Å². The Kier molecular flexibility index (Phi) is 5.90. The second kappa shape index (κ2) is 8.53. The molecule has 0 radical (unpaired) electrons. The van der Waals surface area contributed by atoms with Crippen LogP contribution in [0.5, 0.6) is 5.75 Å². The number of thiocarbonyl (C=S) groups is 1. The lowest BCUT2D eigenvalue weighted by Gasteiger charge is -2.07. The Morgan fingerprint density at radius 2 is 1.82 bits per heavy atom. The van der Waals surface area contributed by atoms with E-state index in [0.29, 0.717) is 11.4 Å². The maximum absolute atomic E-state index is 12.9. The van der Waals surface area contributed by atoms with Crippen LogP contribution in [0.2, 0.25) is 0 Å². The van der Waals surface area contributed by atoms with E-state index in [4.69, 9.17) is 17.0 Å². The molecule has 3 rings (SSSR count). The van der Waals surface area contributed by atoms with E-state index in [9.17, 15) is 4.79 Å². The van der Waals surface area contributed by atoms with E-state index in [1.54, 1.807) is 22.7 Å². The highest BCUT2D eigenvalue weighted by molar-refractivity contribution is 7.80. The summed E-state index contributed by atoms with van der Waals surface area (Å²) in [6.45, 7) is 1.85. The Bertz CT molecular complexity index is 1070. The first-order valence-electron chi connectivity index (χ1n) is 8.60. The molecule has 0 saturated heterocycles. The topological polar surface area (TPSA) is 72.6 Å². The molecule has 28 heavy (non-hydrogen) atoms. The van der Waals surface area contributed by atoms with Crippen LogP contribution in [0, 0.1) is 6.92 Å². The Hall–Kier alpha value is -3.39. The molecule has 0 bridgehead atoms. The third-order valence-corrected chi connectivity index (χ3v) is 4.49. The van der Waals surface area contributed by atoms with E-state index in [2.05, 4.69) is 15.8 Å². The van der Waals surface area contributed by atoms with Crippen LogP contribution >= 0.6 is 12.2 Å². The van der Waals surface area contributed by atoms with E-state index >= 15 is 0 Å². The summed E-state index contributed by atoms with van der Waals surface area (Å²) >= 11 is 5.28. The molecule has 2 aromatic carbocycles. The van der Waals surface area contributed by atoms with Crippen molar-refractivity contribution in [2.45, 2.75) is 6.92 Å². The normalized spacial score (nSPS) is 10.8. The number of nitrogens with one attached hydrogen (secondary N) is 2. The van der Waals surface area contributed by atoms with Gasteiger partial charge in [-0.3, -0.25) is 14.9 Å². The van der Waals surface area contributed by atoms with Gasteiger partial charge in [0.25, 0.3) is 5.56 Å². The van der Waals surface area contributed by atoms with Crippen molar-refractivity contribution in [2.24, 2.45) is 12.1 Å². The third-order valence-electron chi connectivity index (χ3n) is 4.30. The second-order valence-corrected chi connectivity index (χ2v) is 6.41. The predicted molar refractivity (Wildman–Crippen MR) is 116 cm³/mol. The highest BCUT2D eigenvalue weighted by Crippen LogP contribution is 2.15. The fourth-order valence-electron chi connectivity index (χ4n) is 2.79. The average Bonchev–Trinajstić information content (AvgIpc) is 2.92. The van der Waals surface area contributed by atoms with Crippen molar-refractivity contribution in [3.8, 4) is 11.4 Å². The molecule has 0 aliphatic carbocycles. The summed E-state index contributed by atoms with van der Waals surface area (Å²) in [5.41, 5.74) is 5.28. The second-order valence-electron chi connectivity index (χ2n) is 6.00. The first kappa shape index (κ1) is 19.4. The van der Waals surface area contributed by atoms with E-state index in [1.165, 1.54) is 0 Å². The maximum atomic E-state index is 12.9. The lowest BCUT2D eigenvalue weighted by molar-refractivity contribution is 0.414. The molecule has 0 aliphatic heterocycles. The molecule has 0 spiro atoms. The summed E-state index contributed by atoms with van der Waals surface area (Å²) in [6.07, 6.45) is 1.60. The van der Waals surface area contributed by atoms with Crippen LogP contribution < -0.4 is 21.0 Å². The van der Waals surface area contributed by atoms with Crippen LogP contribution in [0.1, 0.15) is 11.3 Å². The molecule has 0 saturated carbocycles. The van der Waals surface area contributed by atoms with Crippen molar-refractivity contribution < 1.29 is 4.74 Å². The number of anilines is 1. The molecule has 0 atom stereocenters. The summed E-state index contributed by atoms with van der Waals surface area (Å²) in [5.74, 6) is 0.705. The zero-order valence-electron chi connectivity index (χ0n) is 15.8.